The normalized spacial score (nSPS) is 27.9. The molecule has 2 saturated heterocycles. The molecule has 2 fully saturated rings. The second-order valence-electron chi connectivity index (χ2n) is 4.99. The van der Waals surface area contributed by atoms with Crippen molar-refractivity contribution in [1.29, 1.82) is 0 Å². The summed E-state index contributed by atoms with van der Waals surface area (Å²) in [6.45, 7) is 9.17. The van der Waals surface area contributed by atoms with Gasteiger partial charge in [0, 0.05) is 39.3 Å². The van der Waals surface area contributed by atoms with Crippen LogP contribution in [0.15, 0.2) is 0 Å². The third-order valence-corrected chi connectivity index (χ3v) is 3.75. The van der Waals surface area contributed by atoms with Crippen LogP contribution in [0, 0.1) is 5.92 Å². The van der Waals surface area contributed by atoms with E-state index in [4.69, 9.17) is 4.74 Å². The average molecular weight is 271 g/mol. The molecule has 2 aliphatic heterocycles. The van der Waals surface area contributed by atoms with Crippen LogP contribution in [0.25, 0.3) is 0 Å². The first-order chi connectivity index (χ1) is 9.22. The SMILES string of the molecule is CC.CNCC1OCCC1C(=O)N1CCN(C)CC1. The first-order valence-electron chi connectivity index (χ1n) is 7.46. The van der Waals surface area contributed by atoms with Crippen LogP contribution in [0.1, 0.15) is 20.3 Å². The highest BCUT2D eigenvalue weighted by molar-refractivity contribution is 5.79. The quantitative estimate of drug-likeness (QED) is 0.807. The number of piperazine rings is 1. The summed E-state index contributed by atoms with van der Waals surface area (Å²) in [6.07, 6.45) is 0.935. The predicted molar refractivity (Wildman–Crippen MR) is 77.2 cm³/mol. The fourth-order valence-corrected chi connectivity index (χ4v) is 2.59. The first kappa shape index (κ1) is 16.4. The van der Waals surface area contributed by atoms with Crippen molar-refractivity contribution in [1.82, 2.24) is 15.1 Å². The van der Waals surface area contributed by atoms with E-state index in [-0.39, 0.29) is 17.9 Å². The highest BCUT2D eigenvalue weighted by atomic mass is 16.5. The van der Waals surface area contributed by atoms with Gasteiger partial charge in [-0.05, 0) is 20.5 Å². The molecule has 0 aromatic heterocycles. The molecule has 2 atom stereocenters. The lowest BCUT2D eigenvalue weighted by Crippen LogP contribution is -2.50. The maximum Gasteiger partial charge on any atom is 0.228 e. The monoisotopic (exact) mass is 271 g/mol. The average Bonchev–Trinajstić information content (AvgIpc) is 2.90. The minimum Gasteiger partial charge on any atom is -0.376 e. The van der Waals surface area contributed by atoms with Gasteiger partial charge in [0.15, 0.2) is 0 Å². The van der Waals surface area contributed by atoms with Crippen molar-refractivity contribution in [2.45, 2.75) is 26.4 Å². The van der Waals surface area contributed by atoms with E-state index < -0.39 is 0 Å². The van der Waals surface area contributed by atoms with E-state index >= 15 is 0 Å². The molecule has 0 bridgehead atoms. The van der Waals surface area contributed by atoms with Gasteiger partial charge < -0.3 is 19.9 Å². The number of amides is 1. The maximum absolute atomic E-state index is 12.4. The maximum atomic E-state index is 12.4. The van der Waals surface area contributed by atoms with Crippen molar-refractivity contribution >= 4 is 5.91 Å². The van der Waals surface area contributed by atoms with Crippen LogP contribution in [0.2, 0.25) is 0 Å². The van der Waals surface area contributed by atoms with Crippen molar-refractivity contribution in [3.63, 3.8) is 0 Å². The van der Waals surface area contributed by atoms with Gasteiger partial charge in [-0.2, -0.15) is 0 Å². The van der Waals surface area contributed by atoms with E-state index in [1.807, 2.05) is 25.8 Å². The predicted octanol–water partition coefficient (Wildman–Crippen LogP) is 0.411. The van der Waals surface area contributed by atoms with Crippen LogP contribution >= 0.6 is 0 Å². The molecule has 0 radical (unpaired) electrons. The number of rotatable bonds is 3. The largest absolute Gasteiger partial charge is 0.376 e. The molecule has 2 heterocycles. The van der Waals surface area contributed by atoms with Gasteiger partial charge in [-0.3, -0.25) is 4.79 Å². The number of carbonyl (C=O) groups is 1. The molecule has 5 nitrogen and oxygen atoms in total. The first-order valence-corrected chi connectivity index (χ1v) is 7.46. The summed E-state index contributed by atoms with van der Waals surface area (Å²) < 4.78 is 5.62. The summed E-state index contributed by atoms with van der Waals surface area (Å²) in [4.78, 5) is 16.7. The fraction of sp³-hybridized carbons (Fsp3) is 0.929. The Morgan fingerprint density at radius 3 is 2.47 bits per heavy atom. The van der Waals surface area contributed by atoms with Crippen LogP contribution < -0.4 is 5.32 Å². The zero-order valence-corrected chi connectivity index (χ0v) is 12.8. The molecule has 0 aliphatic carbocycles. The van der Waals surface area contributed by atoms with Gasteiger partial charge in [0.1, 0.15) is 0 Å². The zero-order valence-electron chi connectivity index (χ0n) is 12.8. The van der Waals surface area contributed by atoms with Crippen LogP contribution in [-0.2, 0) is 9.53 Å². The molecule has 1 amide bonds. The summed E-state index contributed by atoms with van der Waals surface area (Å²) in [7, 11) is 4.00. The Kier molecular flexibility index (Phi) is 7.34. The van der Waals surface area contributed by atoms with E-state index in [0.29, 0.717) is 0 Å². The molecule has 0 aromatic carbocycles. The van der Waals surface area contributed by atoms with Crippen molar-refractivity contribution in [3.05, 3.63) is 0 Å². The molecule has 0 spiro atoms. The van der Waals surface area contributed by atoms with Crippen LogP contribution in [-0.4, -0.2) is 75.2 Å². The number of nitrogens with one attached hydrogen (secondary N) is 1. The summed E-state index contributed by atoms with van der Waals surface area (Å²) in [5.41, 5.74) is 0. The Bertz CT molecular complexity index is 265. The molecule has 5 heteroatoms. The molecular weight excluding hydrogens is 242 g/mol. The van der Waals surface area contributed by atoms with Gasteiger partial charge >= 0.3 is 0 Å². The fourth-order valence-electron chi connectivity index (χ4n) is 2.59. The molecule has 19 heavy (non-hydrogen) atoms. The number of hydrogen-bond acceptors (Lipinski definition) is 4. The van der Waals surface area contributed by atoms with E-state index in [0.717, 1.165) is 45.8 Å². The third-order valence-electron chi connectivity index (χ3n) is 3.75. The Morgan fingerprint density at radius 1 is 1.26 bits per heavy atom. The van der Waals surface area contributed by atoms with Crippen molar-refractivity contribution in [2.75, 3.05) is 53.4 Å². The van der Waals surface area contributed by atoms with E-state index in [1.54, 1.807) is 0 Å². The lowest BCUT2D eigenvalue weighted by Gasteiger charge is -2.34. The Hall–Kier alpha value is -0.650. The number of hydrogen-bond donors (Lipinski definition) is 1. The van der Waals surface area contributed by atoms with Crippen molar-refractivity contribution in [3.8, 4) is 0 Å². The Labute approximate surface area is 117 Å². The van der Waals surface area contributed by atoms with Crippen LogP contribution in [0.4, 0.5) is 0 Å². The highest BCUT2D eigenvalue weighted by Crippen LogP contribution is 2.23. The minimum absolute atomic E-state index is 0.0610. The standard InChI is InChI=1S/C12H23N3O2.C2H6/c1-13-9-11-10(3-8-17-11)12(16)15-6-4-14(2)5-7-15;1-2/h10-11,13H,3-9H2,1-2H3;1-2H3. The molecule has 2 rings (SSSR count). The molecule has 1 N–H and O–H groups in total. The van der Waals surface area contributed by atoms with Gasteiger partial charge in [0.05, 0.1) is 12.0 Å². The van der Waals surface area contributed by atoms with Gasteiger partial charge in [-0.25, -0.2) is 0 Å². The molecule has 112 valence electrons. The minimum atomic E-state index is 0.0610. The summed E-state index contributed by atoms with van der Waals surface area (Å²) in [6, 6.07) is 0. The van der Waals surface area contributed by atoms with E-state index in [9.17, 15) is 4.79 Å². The van der Waals surface area contributed by atoms with Crippen molar-refractivity contribution < 1.29 is 9.53 Å². The number of ether oxygens (including phenoxy) is 1. The van der Waals surface area contributed by atoms with Gasteiger partial charge in [0.2, 0.25) is 5.91 Å². The smallest absolute Gasteiger partial charge is 0.228 e. The van der Waals surface area contributed by atoms with Gasteiger partial charge in [-0.1, -0.05) is 13.8 Å². The highest BCUT2D eigenvalue weighted by Gasteiger charge is 2.36. The molecule has 2 aliphatic rings. The third kappa shape index (κ3) is 4.44. The van der Waals surface area contributed by atoms with E-state index in [2.05, 4.69) is 17.3 Å². The van der Waals surface area contributed by atoms with E-state index in [1.165, 1.54) is 0 Å². The summed E-state index contributed by atoms with van der Waals surface area (Å²) >= 11 is 0. The number of likely N-dealkylation sites (N-methyl/N-ethyl adjacent to an activating group) is 2. The molecule has 0 aromatic rings. The number of nitrogens with zero attached hydrogens (tertiary/aromatic N) is 2. The summed E-state index contributed by atoms with van der Waals surface area (Å²) in [5, 5.41) is 3.10. The Balaban J connectivity index is 0.000000861. The van der Waals surface area contributed by atoms with Gasteiger partial charge in [-0.15, -0.1) is 0 Å². The Morgan fingerprint density at radius 2 is 1.89 bits per heavy atom. The van der Waals surface area contributed by atoms with Crippen LogP contribution in [0.5, 0.6) is 0 Å². The summed E-state index contributed by atoms with van der Waals surface area (Å²) in [5.74, 6) is 0.349. The van der Waals surface area contributed by atoms with Gasteiger partial charge in [0.25, 0.3) is 0 Å². The van der Waals surface area contributed by atoms with Crippen molar-refractivity contribution in [2.24, 2.45) is 5.92 Å². The lowest BCUT2D eigenvalue weighted by atomic mass is 9.99. The topological polar surface area (TPSA) is 44.8 Å². The second-order valence-corrected chi connectivity index (χ2v) is 4.99. The molecule has 2 unspecified atom stereocenters. The van der Waals surface area contributed by atoms with Crippen LogP contribution in [0.3, 0.4) is 0 Å². The zero-order chi connectivity index (χ0) is 14.3. The second kappa shape index (κ2) is 8.51. The lowest BCUT2D eigenvalue weighted by molar-refractivity contribution is -0.138. The number of carbonyl (C=O) groups excluding carboxylic acids is 1. The molecule has 0 saturated carbocycles. The molecular formula is C14H29N3O2.